The molecule has 1 unspecified atom stereocenters. The molecule has 3 aromatic rings. The van der Waals surface area contributed by atoms with Gasteiger partial charge in [0.1, 0.15) is 6.04 Å². The van der Waals surface area contributed by atoms with E-state index in [1.54, 1.807) is 36.4 Å². The number of methoxy groups -OCH3 is 1. The predicted octanol–water partition coefficient (Wildman–Crippen LogP) is 3.50. The maximum atomic E-state index is 13.9. The maximum absolute atomic E-state index is 13.9. The molecule has 39 heavy (non-hydrogen) atoms. The third-order valence-electron chi connectivity index (χ3n) is 6.13. The van der Waals surface area contributed by atoms with Crippen molar-refractivity contribution in [3.8, 4) is 0 Å². The highest BCUT2D eigenvalue weighted by Crippen LogP contribution is 2.18. The van der Waals surface area contributed by atoms with Crippen LogP contribution < -0.4 is 5.32 Å². The molecular formula is C29H34ClN3O5S. The van der Waals surface area contributed by atoms with Crippen LogP contribution in [0.3, 0.4) is 0 Å². The van der Waals surface area contributed by atoms with Gasteiger partial charge in [-0.1, -0.05) is 84.4 Å². The summed E-state index contributed by atoms with van der Waals surface area (Å²) in [6.07, 6.45) is 1.32. The van der Waals surface area contributed by atoms with Crippen LogP contribution in [0.1, 0.15) is 16.7 Å². The summed E-state index contributed by atoms with van der Waals surface area (Å²) in [6.45, 7) is 0.288. The second-order valence-electron chi connectivity index (χ2n) is 9.15. The van der Waals surface area contributed by atoms with E-state index in [1.807, 2.05) is 48.5 Å². The molecule has 208 valence electrons. The fraction of sp³-hybridized carbons (Fsp3) is 0.310. The van der Waals surface area contributed by atoms with E-state index >= 15 is 0 Å². The summed E-state index contributed by atoms with van der Waals surface area (Å²) in [6, 6.07) is 24.5. The molecule has 0 saturated carbocycles. The third-order valence-corrected chi connectivity index (χ3v) is 7.57. The fourth-order valence-electron chi connectivity index (χ4n) is 4.05. The van der Waals surface area contributed by atoms with Crippen LogP contribution in [0.25, 0.3) is 0 Å². The van der Waals surface area contributed by atoms with Crippen molar-refractivity contribution >= 4 is 33.4 Å². The van der Waals surface area contributed by atoms with Gasteiger partial charge in [0.15, 0.2) is 0 Å². The Morgan fingerprint density at radius 3 is 2.00 bits per heavy atom. The number of rotatable bonds is 14. The Labute approximate surface area is 235 Å². The zero-order valence-corrected chi connectivity index (χ0v) is 23.7. The molecule has 8 nitrogen and oxygen atoms in total. The second-order valence-corrected chi connectivity index (χ2v) is 11.6. The molecule has 0 spiro atoms. The molecule has 0 aromatic heterocycles. The maximum Gasteiger partial charge on any atom is 0.243 e. The minimum atomic E-state index is -3.74. The number of hydrogen-bond acceptors (Lipinski definition) is 5. The number of carbonyl (C=O) groups excluding carboxylic acids is 2. The first kappa shape index (κ1) is 30.3. The number of carbonyl (C=O) groups is 2. The van der Waals surface area contributed by atoms with Crippen molar-refractivity contribution in [3.05, 3.63) is 107 Å². The van der Waals surface area contributed by atoms with Crippen LogP contribution >= 0.6 is 11.6 Å². The number of sulfonamides is 1. The van der Waals surface area contributed by atoms with Crippen LogP contribution in [0.2, 0.25) is 5.02 Å². The first-order valence-electron chi connectivity index (χ1n) is 12.5. The predicted molar refractivity (Wildman–Crippen MR) is 153 cm³/mol. The van der Waals surface area contributed by atoms with Crippen LogP contribution in [-0.2, 0) is 43.9 Å². The lowest BCUT2D eigenvalue weighted by molar-refractivity contribution is -0.141. The van der Waals surface area contributed by atoms with E-state index in [1.165, 1.54) is 12.0 Å². The molecule has 0 saturated heterocycles. The Kier molecular flexibility index (Phi) is 11.5. The fourth-order valence-corrected chi connectivity index (χ4v) is 4.91. The van der Waals surface area contributed by atoms with Gasteiger partial charge in [0.05, 0.1) is 19.4 Å². The van der Waals surface area contributed by atoms with Crippen molar-refractivity contribution in [2.75, 3.05) is 33.1 Å². The Morgan fingerprint density at radius 1 is 0.872 bits per heavy atom. The quantitative estimate of drug-likeness (QED) is 0.299. The van der Waals surface area contributed by atoms with Gasteiger partial charge in [0.25, 0.3) is 0 Å². The summed E-state index contributed by atoms with van der Waals surface area (Å²) in [5, 5.41) is 3.39. The van der Waals surface area contributed by atoms with Gasteiger partial charge < -0.3 is 15.0 Å². The molecule has 0 radical (unpaired) electrons. The van der Waals surface area contributed by atoms with Crippen molar-refractivity contribution in [1.82, 2.24) is 14.5 Å². The largest absolute Gasteiger partial charge is 0.383 e. The molecule has 3 aromatic carbocycles. The van der Waals surface area contributed by atoms with Crippen LogP contribution in [-0.4, -0.2) is 68.5 Å². The van der Waals surface area contributed by atoms with Gasteiger partial charge in [-0.25, -0.2) is 8.42 Å². The zero-order chi connectivity index (χ0) is 28.3. The summed E-state index contributed by atoms with van der Waals surface area (Å²) >= 11 is 6.07. The summed E-state index contributed by atoms with van der Waals surface area (Å²) < 4.78 is 31.6. The first-order valence-corrected chi connectivity index (χ1v) is 14.7. The van der Waals surface area contributed by atoms with Crippen molar-refractivity contribution in [2.45, 2.75) is 25.6 Å². The molecule has 0 aliphatic carbocycles. The van der Waals surface area contributed by atoms with Crippen molar-refractivity contribution in [1.29, 1.82) is 0 Å². The van der Waals surface area contributed by atoms with E-state index < -0.39 is 28.5 Å². The number of halogens is 1. The summed E-state index contributed by atoms with van der Waals surface area (Å²) in [5.41, 5.74) is 2.37. The average Bonchev–Trinajstić information content (AvgIpc) is 2.92. The molecule has 3 rings (SSSR count). The third kappa shape index (κ3) is 9.78. The van der Waals surface area contributed by atoms with Gasteiger partial charge in [-0.15, -0.1) is 0 Å². The van der Waals surface area contributed by atoms with Gasteiger partial charge in [0.2, 0.25) is 21.8 Å². The molecule has 0 fully saturated rings. The molecule has 1 N–H and O–H groups in total. The van der Waals surface area contributed by atoms with Crippen LogP contribution in [0.4, 0.5) is 0 Å². The van der Waals surface area contributed by atoms with E-state index in [0.717, 1.165) is 27.3 Å². The molecule has 0 aliphatic heterocycles. The molecule has 0 aliphatic rings. The van der Waals surface area contributed by atoms with E-state index in [9.17, 15) is 18.0 Å². The first-order chi connectivity index (χ1) is 18.7. The van der Waals surface area contributed by atoms with Crippen molar-refractivity contribution in [3.63, 3.8) is 0 Å². The average molecular weight is 572 g/mol. The molecule has 0 heterocycles. The van der Waals surface area contributed by atoms with Gasteiger partial charge >= 0.3 is 0 Å². The molecule has 1 atom stereocenters. The van der Waals surface area contributed by atoms with E-state index in [0.29, 0.717) is 11.6 Å². The highest BCUT2D eigenvalue weighted by atomic mass is 35.5. The summed E-state index contributed by atoms with van der Waals surface area (Å²) in [7, 11) is -2.20. The highest BCUT2D eigenvalue weighted by Gasteiger charge is 2.32. The lowest BCUT2D eigenvalue weighted by atomic mass is 10.0. The Hall–Kier alpha value is -3.24. The summed E-state index contributed by atoms with van der Waals surface area (Å²) in [4.78, 5) is 28.8. The number of nitrogens with zero attached hydrogens (tertiary/aromatic N) is 2. The molecule has 0 bridgehead atoms. The minimum Gasteiger partial charge on any atom is -0.383 e. The number of amides is 2. The zero-order valence-electron chi connectivity index (χ0n) is 22.1. The molecule has 2 amide bonds. The lowest BCUT2D eigenvalue weighted by Crippen LogP contribution is -2.53. The normalized spacial score (nSPS) is 12.2. The Morgan fingerprint density at radius 2 is 1.44 bits per heavy atom. The monoisotopic (exact) mass is 571 g/mol. The highest BCUT2D eigenvalue weighted by molar-refractivity contribution is 7.88. The van der Waals surface area contributed by atoms with Gasteiger partial charge in [0, 0.05) is 38.2 Å². The number of hydrogen-bond donors (Lipinski definition) is 1. The van der Waals surface area contributed by atoms with Gasteiger partial charge in [-0.05, 0) is 28.8 Å². The van der Waals surface area contributed by atoms with Crippen LogP contribution in [0.15, 0.2) is 84.9 Å². The van der Waals surface area contributed by atoms with Crippen LogP contribution in [0.5, 0.6) is 0 Å². The number of nitrogens with one attached hydrogen (secondary N) is 1. The van der Waals surface area contributed by atoms with Crippen molar-refractivity contribution in [2.24, 2.45) is 0 Å². The molecular weight excluding hydrogens is 538 g/mol. The van der Waals surface area contributed by atoms with Gasteiger partial charge in [-0.2, -0.15) is 4.31 Å². The van der Waals surface area contributed by atoms with Crippen molar-refractivity contribution < 1.29 is 22.7 Å². The summed E-state index contributed by atoms with van der Waals surface area (Å²) in [5.74, 6) is -0.846. The second kappa shape index (κ2) is 14.8. The standard InChI is InChI=1S/C29H34ClN3O5S/c1-38-18-17-31-29(35)27(19-23-9-5-3-6-10-23)33(21-25-13-15-26(30)16-14-25)28(34)22-32(39(2,36)37)20-24-11-7-4-8-12-24/h3-16,27H,17-22H2,1-2H3,(H,31,35). The minimum absolute atomic E-state index is 0.0313. The van der Waals surface area contributed by atoms with E-state index in [-0.39, 0.29) is 32.0 Å². The molecule has 10 heteroatoms. The van der Waals surface area contributed by atoms with E-state index in [4.69, 9.17) is 16.3 Å². The van der Waals surface area contributed by atoms with Crippen LogP contribution in [0, 0.1) is 0 Å². The Balaban J connectivity index is 1.97. The Bertz CT molecular complexity index is 1310. The topological polar surface area (TPSA) is 96.0 Å². The number of ether oxygens (including phenoxy) is 1. The smallest absolute Gasteiger partial charge is 0.243 e. The van der Waals surface area contributed by atoms with E-state index in [2.05, 4.69) is 5.32 Å². The van der Waals surface area contributed by atoms with Gasteiger partial charge in [-0.3, -0.25) is 9.59 Å². The SMILES string of the molecule is COCCNC(=O)C(Cc1ccccc1)N(Cc1ccc(Cl)cc1)C(=O)CN(Cc1ccccc1)S(C)(=O)=O. The lowest BCUT2D eigenvalue weighted by Gasteiger charge is -2.33. The number of benzene rings is 3.